The first kappa shape index (κ1) is 16.5. The fourth-order valence-electron chi connectivity index (χ4n) is 1.68. The van der Waals surface area contributed by atoms with Crippen molar-refractivity contribution < 1.29 is 19.5 Å². The molecule has 0 radical (unpaired) electrons. The fraction of sp³-hybridized carbons (Fsp3) is 0.357. The molecule has 0 bridgehead atoms. The van der Waals surface area contributed by atoms with E-state index in [1.165, 1.54) is 0 Å². The van der Waals surface area contributed by atoms with E-state index < -0.39 is 23.8 Å². The third kappa shape index (κ3) is 5.94. The van der Waals surface area contributed by atoms with E-state index in [4.69, 9.17) is 10.8 Å². The Labute approximate surface area is 122 Å². The molecule has 0 aliphatic carbocycles. The number of hydrogen-bond acceptors (Lipinski definition) is 4. The maximum Gasteiger partial charge on any atom is 0.305 e. The minimum Gasteiger partial charge on any atom is -0.481 e. The number of hydrogen-bond donors (Lipinski definition) is 4. The highest BCUT2D eigenvalue weighted by atomic mass is 16.4. The minimum atomic E-state index is -0.979. The zero-order valence-corrected chi connectivity index (χ0v) is 11.8. The van der Waals surface area contributed by atoms with E-state index in [9.17, 15) is 14.4 Å². The summed E-state index contributed by atoms with van der Waals surface area (Å²) < 4.78 is 0. The predicted molar refractivity (Wildman–Crippen MR) is 77.7 cm³/mol. The highest BCUT2D eigenvalue weighted by Crippen LogP contribution is 2.04. The molecule has 2 amide bonds. The van der Waals surface area contributed by atoms with Gasteiger partial charge in [-0.05, 0) is 30.7 Å². The second kappa shape index (κ2) is 7.88. The van der Waals surface area contributed by atoms with Crippen LogP contribution in [-0.2, 0) is 9.59 Å². The fourth-order valence-corrected chi connectivity index (χ4v) is 1.68. The second-order valence-corrected chi connectivity index (χ2v) is 4.58. The molecule has 1 rings (SSSR count). The summed E-state index contributed by atoms with van der Waals surface area (Å²) in [6, 6.07) is 5.86. The molecule has 114 valence electrons. The Kier molecular flexibility index (Phi) is 6.19. The van der Waals surface area contributed by atoms with Gasteiger partial charge in [-0.1, -0.05) is 6.92 Å². The summed E-state index contributed by atoms with van der Waals surface area (Å²) in [5.74, 6) is -1.80. The van der Waals surface area contributed by atoms with Crippen LogP contribution in [0.2, 0.25) is 0 Å². The number of nitrogen functional groups attached to an aromatic ring is 1. The number of carboxylic acid groups (broad SMARTS) is 1. The molecule has 1 aromatic rings. The molecule has 0 aromatic heterocycles. The van der Waals surface area contributed by atoms with Crippen LogP contribution in [0.25, 0.3) is 0 Å². The topological polar surface area (TPSA) is 122 Å². The zero-order chi connectivity index (χ0) is 15.8. The Bertz CT molecular complexity index is 513. The van der Waals surface area contributed by atoms with Gasteiger partial charge in [-0.3, -0.25) is 14.4 Å². The van der Waals surface area contributed by atoms with Crippen LogP contribution in [-0.4, -0.2) is 35.5 Å². The molecule has 0 aliphatic heterocycles. The highest BCUT2D eigenvalue weighted by molar-refractivity contribution is 5.96. The van der Waals surface area contributed by atoms with Crippen LogP contribution in [0, 0.1) is 0 Å². The summed E-state index contributed by atoms with van der Waals surface area (Å²) in [6.07, 6.45) is 0.359. The number of benzene rings is 1. The maximum absolute atomic E-state index is 11.8. The normalized spacial score (nSPS) is 11.5. The third-order valence-electron chi connectivity index (χ3n) is 2.86. The quantitative estimate of drug-likeness (QED) is 0.541. The van der Waals surface area contributed by atoms with Gasteiger partial charge in [-0.25, -0.2) is 0 Å². The average Bonchev–Trinajstić information content (AvgIpc) is 2.44. The van der Waals surface area contributed by atoms with Crippen molar-refractivity contribution in [3.63, 3.8) is 0 Å². The number of amides is 2. The van der Waals surface area contributed by atoms with Crippen LogP contribution < -0.4 is 16.4 Å². The van der Waals surface area contributed by atoms with E-state index in [1.807, 2.05) is 0 Å². The number of carbonyl (C=O) groups excluding carboxylic acids is 2. The number of nitrogens with two attached hydrogens (primary N) is 1. The van der Waals surface area contributed by atoms with Crippen LogP contribution in [0.3, 0.4) is 0 Å². The molecule has 7 heteroatoms. The monoisotopic (exact) mass is 293 g/mol. The van der Waals surface area contributed by atoms with Crippen LogP contribution in [0.5, 0.6) is 0 Å². The zero-order valence-electron chi connectivity index (χ0n) is 11.8. The molecular weight excluding hydrogens is 274 g/mol. The average molecular weight is 293 g/mol. The lowest BCUT2D eigenvalue weighted by molar-refractivity contribution is -0.137. The van der Waals surface area contributed by atoms with Gasteiger partial charge < -0.3 is 21.5 Å². The van der Waals surface area contributed by atoms with E-state index in [0.29, 0.717) is 17.7 Å². The first-order chi connectivity index (χ1) is 9.92. The molecular formula is C14H19N3O4. The summed E-state index contributed by atoms with van der Waals surface area (Å²) in [4.78, 5) is 34.0. The Hall–Kier alpha value is -2.57. The van der Waals surface area contributed by atoms with Crippen molar-refractivity contribution in [3.05, 3.63) is 29.8 Å². The molecule has 1 atom stereocenters. The molecule has 0 saturated heterocycles. The molecule has 1 unspecified atom stereocenters. The van der Waals surface area contributed by atoms with Crippen molar-refractivity contribution in [2.24, 2.45) is 0 Å². The first-order valence-corrected chi connectivity index (χ1v) is 6.57. The van der Waals surface area contributed by atoms with Gasteiger partial charge in [-0.2, -0.15) is 0 Å². The molecule has 0 spiro atoms. The van der Waals surface area contributed by atoms with Crippen molar-refractivity contribution in [2.75, 3.05) is 12.3 Å². The Morgan fingerprint density at radius 3 is 2.38 bits per heavy atom. The smallest absolute Gasteiger partial charge is 0.305 e. The van der Waals surface area contributed by atoms with E-state index in [-0.39, 0.29) is 13.0 Å². The highest BCUT2D eigenvalue weighted by Gasteiger charge is 2.14. The predicted octanol–water partition coefficient (Wildman–Crippen LogP) is 0.368. The van der Waals surface area contributed by atoms with Gasteiger partial charge in [-0.15, -0.1) is 0 Å². The Morgan fingerprint density at radius 2 is 1.86 bits per heavy atom. The largest absolute Gasteiger partial charge is 0.481 e. The van der Waals surface area contributed by atoms with Crippen molar-refractivity contribution in [3.8, 4) is 0 Å². The second-order valence-electron chi connectivity index (χ2n) is 4.58. The molecule has 0 saturated carbocycles. The molecule has 5 N–H and O–H groups in total. The van der Waals surface area contributed by atoms with Crippen molar-refractivity contribution in [1.82, 2.24) is 10.6 Å². The number of rotatable bonds is 7. The summed E-state index contributed by atoms with van der Waals surface area (Å²) in [5, 5.41) is 13.7. The van der Waals surface area contributed by atoms with Gasteiger partial charge in [0.25, 0.3) is 5.91 Å². The first-order valence-electron chi connectivity index (χ1n) is 6.57. The van der Waals surface area contributed by atoms with Gasteiger partial charge in [0.15, 0.2) is 0 Å². The molecule has 1 aromatic carbocycles. The van der Waals surface area contributed by atoms with E-state index in [1.54, 1.807) is 31.2 Å². The lowest BCUT2D eigenvalue weighted by Gasteiger charge is -2.15. The van der Waals surface area contributed by atoms with Gasteiger partial charge in [0, 0.05) is 17.3 Å². The van der Waals surface area contributed by atoms with Crippen molar-refractivity contribution >= 4 is 23.5 Å². The lowest BCUT2D eigenvalue weighted by Crippen LogP contribution is -2.42. The summed E-state index contributed by atoms with van der Waals surface area (Å²) >= 11 is 0. The number of aliphatic carboxylic acids is 1. The standard InChI is InChI=1S/C14H19N3O4/c1-2-11(7-13(19)20)17-12(18)8-16-14(21)9-3-5-10(15)6-4-9/h3-6,11H,2,7-8,15H2,1H3,(H,16,21)(H,17,18)(H,19,20). The van der Waals surface area contributed by atoms with E-state index >= 15 is 0 Å². The molecule has 7 nitrogen and oxygen atoms in total. The maximum atomic E-state index is 11.8. The molecule has 21 heavy (non-hydrogen) atoms. The van der Waals surface area contributed by atoms with Crippen LogP contribution >= 0.6 is 0 Å². The number of anilines is 1. The molecule has 0 aliphatic rings. The van der Waals surface area contributed by atoms with Crippen molar-refractivity contribution in [2.45, 2.75) is 25.8 Å². The number of nitrogens with one attached hydrogen (secondary N) is 2. The Morgan fingerprint density at radius 1 is 1.24 bits per heavy atom. The molecule has 0 heterocycles. The van der Waals surface area contributed by atoms with Gasteiger partial charge in [0.2, 0.25) is 5.91 Å². The third-order valence-corrected chi connectivity index (χ3v) is 2.86. The van der Waals surface area contributed by atoms with Crippen LogP contribution in [0.4, 0.5) is 5.69 Å². The van der Waals surface area contributed by atoms with Gasteiger partial charge in [0.05, 0.1) is 13.0 Å². The Balaban J connectivity index is 2.43. The van der Waals surface area contributed by atoms with Gasteiger partial charge >= 0.3 is 5.97 Å². The van der Waals surface area contributed by atoms with Gasteiger partial charge in [0.1, 0.15) is 0 Å². The van der Waals surface area contributed by atoms with Crippen molar-refractivity contribution in [1.29, 1.82) is 0 Å². The minimum absolute atomic E-state index is 0.145. The van der Waals surface area contributed by atoms with Crippen LogP contribution in [0.1, 0.15) is 30.1 Å². The number of carboxylic acids is 1. The van der Waals surface area contributed by atoms with Crippen LogP contribution in [0.15, 0.2) is 24.3 Å². The lowest BCUT2D eigenvalue weighted by atomic mass is 10.1. The number of carbonyl (C=O) groups is 3. The van der Waals surface area contributed by atoms with E-state index in [2.05, 4.69) is 10.6 Å². The van der Waals surface area contributed by atoms with E-state index in [0.717, 1.165) is 0 Å². The summed E-state index contributed by atoms with van der Waals surface area (Å²) in [5.41, 5.74) is 6.46. The SMILES string of the molecule is CCC(CC(=O)O)NC(=O)CNC(=O)c1ccc(N)cc1. The summed E-state index contributed by atoms with van der Waals surface area (Å²) in [7, 11) is 0. The molecule has 0 fully saturated rings. The summed E-state index contributed by atoms with van der Waals surface area (Å²) in [6.45, 7) is 1.57.